The molecule has 0 spiro atoms. The molecule has 1 fully saturated rings. The number of hydrogen-bond donors (Lipinski definition) is 3. The normalized spacial score (nSPS) is 13.5. The number of benzene rings is 2. The molecule has 15 nitrogen and oxygen atoms in total. The van der Waals surface area contributed by atoms with Crippen LogP contribution in [-0.4, -0.2) is 72.5 Å². The quantitative estimate of drug-likeness (QED) is 0.164. The molecule has 0 radical (unpaired) electrons. The van der Waals surface area contributed by atoms with Crippen molar-refractivity contribution < 1.29 is 19.2 Å². The number of nitrogens with one attached hydrogen (secondary N) is 3. The molecular formula is C30H30N10O5. The first-order valence-electron chi connectivity index (χ1n) is 14.2. The molecule has 0 aliphatic carbocycles. The van der Waals surface area contributed by atoms with Gasteiger partial charge in [0.1, 0.15) is 17.7 Å². The van der Waals surface area contributed by atoms with E-state index in [1.54, 1.807) is 30.5 Å². The zero-order chi connectivity index (χ0) is 31.3. The van der Waals surface area contributed by atoms with Gasteiger partial charge in [-0.2, -0.15) is 0 Å². The summed E-state index contributed by atoms with van der Waals surface area (Å²) in [5.74, 6) is -0.164. The van der Waals surface area contributed by atoms with Gasteiger partial charge >= 0.3 is 12.0 Å². The van der Waals surface area contributed by atoms with Gasteiger partial charge in [-0.05, 0) is 28.7 Å². The number of fused-ring (bicyclic) bond motifs is 1. The lowest BCUT2D eigenvalue weighted by molar-refractivity contribution is -0.396. The lowest BCUT2D eigenvalue weighted by atomic mass is 10.1. The smallest absolute Gasteiger partial charge is 0.434 e. The number of para-hydroxylation sites is 3. The van der Waals surface area contributed by atoms with Gasteiger partial charge in [-0.25, -0.2) is 19.3 Å². The minimum absolute atomic E-state index is 0.118. The second kappa shape index (κ2) is 12.8. The summed E-state index contributed by atoms with van der Waals surface area (Å²) in [6.45, 7) is 3.95. The number of H-pyrrole nitrogens is 1. The second-order valence-corrected chi connectivity index (χ2v) is 10.4. The van der Waals surface area contributed by atoms with Gasteiger partial charge in [0.15, 0.2) is 12.3 Å². The van der Waals surface area contributed by atoms with Crippen molar-refractivity contribution in [3.05, 3.63) is 100 Å². The number of aromatic amines is 1. The van der Waals surface area contributed by atoms with Crippen LogP contribution in [0.5, 0.6) is 0 Å². The van der Waals surface area contributed by atoms with Gasteiger partial charge < -0.3 is 30.1 Å². The Bertz CT molecular complexity index is 1840. The van der Waals surface area contributed by atoms with E-state index < -0.39 is 16.9 Å². The summed E-state index contributed by atoms with van der Waals surface area (Å²) < 4.78 is 6.42. The van der Waals surface area contributed by atoms with E-state index in [9.17, 15) is 19.7 Å². The molecule has 2 aromatic carbocycles. The van der Waals surface area contributed by atoms with Crippen LogP contribution in [0.3, 0.4) is 0 Å². The van der Waals surface area contributed by atoms with Crippen LogP contribution in [0.1, 0.15) is 21.7 Å². The predicted octanol–water partition coefficient (Wildman–Crippen LogP) is 3.92. The van der Waals surface area contributed by atoms with Crippen molar-refractivity contribution in [2.45, 2.75) is 13.2 Å². The summed E-state index contributed by atoms with van der Waals surface area (Å²) in [6, 6.07) is 14.9. The van der Waals surface area contributed by atoms with E-state index in [2.05, 4.69) is 64.8 Å². The van der Waals surface area contributed by atoms with Crippen molar-refractivity contribution in [3.8, 4) is 0 Å². The van der Waals surface area contributed by atoms with Gasteiger partial charge in [0.05, 0.1) is 30.8 Å². The molecule has 15 heteroatoms. The number of carbonyl (C=O) groups is 2. The fourth-order valence-corrected chi connectivity index (χ4v) is 5.15. The average molecular weight is 611 g/mol. The van der Waals surface area contributed by atoms with Crippen LogP contribution in [0.15, 0.2) is 73.3 Å². The molecule has 6 rings (SSSR count). The molecule has 0 saturated carbocycles. The second-order valence-electron chi connectivity index (χ2n) is 10.4. The third kappa shape index (κ3) is 6.57. The number of imidazole rings is 1. The Morgan fingerprint density at radius 1 is 0.956 bits per heavy atom. The van der Waals surface area contributed by atoms with Crippen LogP contribution in [0.4, 0.5) is 27.9 Å². The molecule has 1 saturated heterocycles. The van der Waals surface area contributed by atoms with Crippen LogP contribution in [0.2, 0.25) is 0 Å². The summed E-state index contributed by atoms with van der Waals surface area (Å²) in [6.07, 6.45) is 5.55. The monoisotopic (exact) mass is 610 g/mol. The Hall–Kier alpha value is -5.83. The fourth-order valence-electron chi connectivity index (χ4n) is 5.15. The zero-order valence-corrected chi connectivity index (χ0v) is 24.3. The number of amides is 2. The number of hydrogen-bond acceptors (Lipinski definition) is 10. The van der Waals surface area contributed by atoms with E-state index in [1.807, 2.05) is 6.07 Å². The van der Waals surface area contributed by atoms with Crippen molar-refractivity contribution in [3.63, 3.8) is 0 Å². The Kier molecular flexibility index (Phi) is 8.32. The van der Waals surface area contributed by atoms with Crippen LogP contribution in [-0.2, 0) is 24.9 Å². The van der Waals surface area contributed by atoms with Crippen molar-refractivity contribution in [2.75, 3.05) is 41.7 Å². The average Bonchev–Trinajstić information content (AvgIpc) is 3.64. The van der Waals surface area contributed by atoms with Gasteiger partial charge in [0.2, 0.25) is 0 Å². The van der Waals surface area contributed by atoms with Crippen molar-refractivity contribution in [1.29, 1.82) is 0 Å². The number of nitro groups is 1. The highest BCUT2D eigenvalue weighted by molar-refractivity contribution is 6.05. The number of aromatic nitrogens is 5. The van der Waals surface area contributed by atoms with E-state index >= 15 is 0 Å². The maximum absolute atomic E-state index is 13.0. The summed E-state index contributed by atoms with van der Waals surface area (Å²) in [4.78, 5) is 56.2. The number of anilines is 3. The molecule has 3 aromatic heterocycles. The van der Waals surface area contributed by atoms with Crippen molar-refractivity contribution in [1.82, 2.24) is 29.4 Å². The first-order valence-corrected chi connectivity index (χ1v) is 14.2. The highest BCUT2D eigenvalue weighted by Gasteiger charge is 2.21. The molecule has 0 atom stereocenters. The van der Waals surface area contributed by atoms with E-state index in [0.29, 0.717) is 22.9 Å². The lowest BCUT2D eigenvalue weighted by Crippen LogP contribution is -2.46. The maximum Gasteiger partial charge on any atom is 0.434 e. The highest BCUT2D eigenvalue weighted by Crippen LogP contribution is 2.23. The molecule has 230 valence electrons. The molecule has 0 unspecified atom stereocenters. The van der Waals surface area contributed by atoms with Crippen LogP contribution in [0.25, 0.3) is 10.9 Å². The van der Waals surface area contributed by atoms with E-state index in [4.69, 9.17) is 4.74 Å². The summed E-state index contributed by atoms with van der Waals surface area (Å²) in [7, 11) is 1.45. The number of piperazine rings is 1. The molecular weight excluding hydrogens is 580 g/mol. The Balaban J connectivity index is 1.01. The van der Waals surface area contributed by atoms with Gasteiger partial charge in [0, 0.05) is 49.8 Å². The number of rotatable bonds is 9. The van der Waals surface area contributed by atoms with Crippen LogP contribution < -0.4 is 15.5 Å². The van der Waals surface area contributed by atoms with Crippen molar-refractivity contribution in [2.24, 2.45) is 7.05 Å². The molecule has 4 heterocycles. The fraction of sp³-hybridized carbons (Fsp3) is 0.233. The third-order valence-corrected chi connectivity index (χ3v) is 7.62. The standard InChI is InChI=1S/C30H30N10O5/c1-37-21(15-34-29(37)40(43)44)19-45-30(42)36-25-9-5-4-8-24(25)35-28(41)26-16-33-27(17-32-26)39-12-10-38(11-13-39)18-20-14-31-23-7-3-2-6-22(20)23/h2-9,14-17,31H,10-13,18-19H2,1H3,(H,35,41)(H,36,42). The number of ether oxygens (including phenoxy) is 1. The SMILES string of the molecule is Cn1c(COC(=O)Nc2ccccc2NC(=O)c2cnc(N3CCN(Cc4c[nH]c5ccccc45)CC3)cn2)cnc1[N+](=O)[O-]. The first-order chi connectivity index (χ1) is 21.9. The first kappa shape index (κ1) is 29.3. The van der Waals surface area contributed by atoms with Gasteiger partial charge in [0.25, 0.3) is 5.91 Å². The predicted molar refractivity (Wildman–Crippen MR) is 166 cm³/mol. The molecule has 5 aromatic rings. The topological polar surface area (TPSA) is 176 Å². The molecule has 1 aliphatic heterocycles. The van der Waals surface area contributed by atoms with Gasteiger partial charge in [-0.15, -0.1) is 0 Å². The van der Waals surface area contributed by atoms with Crippen LogP contribution >= 0.6 is 0 Å². The number of carbonyl (C=O) groups excluding carboxylic acids is 2. The van der Waals surface area contributed by atoms with Crippen molar-refractivity contribution >= 4 is 46.0 Å². The minimum Gasteiger partial charge on any atom is -0.441 e. The van der Waals surface area contributed by atoms with E-state index in [1.165, 1.54) is 35.0 Å². The zero-order valence-electron chi connectivity index (χ0n) is 24.3. The van der Waals surface area contributed by atoms with E-state index in [0.717, 1.165) is 38.2 Å². The molecule has 2 amide bonds. The largest absolute Gasteiger partial charge is 0.441 e. The Labute approximate surface area is 257 Å². The minimum atomic E-state index is -0.814. The highest BCUT2D eigenvalue weighted by atomic mass is 16.6. The number of nitrogens with zero attached hydrogens (tertiary/aromatic N) is 7. The lowest BCUT2D eigenvalue weighted by Gasteiger charge is -2.35. The molecule has 1 aliphatic rings. The Morgan fingerprint density at radius 3 is 2.40 bits per heavy atom. The van der Waals surface area contributed by atoms with E-state index in [-0.39, 0.29) is 18.2 Å². The molecule has 0 bridgehead atoms. The summed E-state index contributed by atoms with van der Waals surface area (Å²) in [5.41, 5.74) is 3.50. The molecule has 45 heavy (non-hydrogen) atoms. The summed E-state index contributed by atoms with van der Waals surface area (Å²) in [5, 5.41) is 17.5. The molecule has 3 N–H and O–H groups in total. The summed E-state index contributed by atoms with van der Waals surface area (Å²) >= 11 is 0. The van der Waals surface area contributed by atoms with Crippen LogP contribution in [0, 0.1) is 10.1 Å². The maximum atomic E-state index is 13.0. The van der Waals surface area contributed by atoms with Gasteiger partial charge in [-0.1, -0.05) is 35.3 Å². The van der Waals surface area contributed by atoms with Gasteiger partial charge in [-0.3, -0.25) is 15.0 Å². The Morgan fingerprint density at radius 2 is 1.69 bits per heavy atom. The third-order valence-electron chi connectivity index (χ3n) is 7.62.